The molecular weight excluding hydrogens is 304 g/mol. The normalized spacial score (nSPS) is 12.3. The van der Waals surface area contributed by atoms with Crippen LogP contribution < -0.4 is 0 Å². The van der Waals surface area contributed by atoms with E-state index >= 15 is 0 Å². The van der Waals surface area contributed by atoms with Crippen LogP contribution in [0.5, 0.6) is 0 Å². The van der Waals surface area contributed by atoms with Crippen LogP contribution in [0.1, 0.15) is 40.8 Å². The fraction of sp³-hybridized carbons (Fsp3) is 0.267. The Balaban J connectivity index is 1.73. The number of carbonyl (C=O) groups excluding carboxylic acids is 1. The van der Waals surface area contributed by atoms with Gasteiger partial charge in [-0.3, -0.25) is 0 Å². The molecule has 0 fully saturated rings. The molecule has 3 aromatic heterocycles. The fourth-order valence-corrected chi connectivity index (χ4v) is 2.65. The van der Waals surface area contributed by atoms with Crippen LogP contribution in [0.2, 0.25) is 0 Å². The molecule has 0 spiro atoms. The minimum absolute atomic E-state index is 0.259. The highest BCUT2D eigenvalue weighted by atomic mass is 32.1. The zero-order chi connectivity index (χ0) is 15.7. The lowest BCUT2D eigenvalue weighted by molar-refractivity contribution is 0.0278. The Morgan fingerprint density at radius 2 is 2.14 bits per heavy atom. The number of aromatic nitrogens is 2. The topological polar surface area (TPSA) is 78.4 Å². The van der Waals surface area contributed by atoms with E-state index in [1.54, 1.807) is 26.8 Å². The molecule has 22 heavy (non-hydrogen) atoms. The van der Waals surface area contributed by atoms with E-state index in [4.69, 9.17) is 13.6 Å². The van der Waals surface area contributed by atoms with E-state index in [1.165, 1.54) is 11.3 Å². The molecule has 0 aromatic carbocycles. The predicted octanol–water partition coefficient (Wildman–Crippen LogP) is 3.93. The monoisotopic (exact) mass is 318 g/mol. The van der Waals surface area contributed by atoms with Crippen LogP contribution in [-0.2, 0) is 4.74 Å². The van der Waals surface area contributed by atoms with E-state index in [9.17, 15) is 4.79 Å². The summed E-state index contributed by atoms with van der Waals surface area (Å²) in [5.74, 6) is 1.39. The Hall–Kier alpha value is -2.41. The first kappa shape index (κ1) is 14.5. The quantitative estimate of drug-likeness (QED) is 0.678. The summed E-state index contributed by atoms with van der Waals surface area (Å²) in [6.07, 6.45) is -0.636. The third kappa shape index (κ3) is 2.80. The van der Waals surface area contributed by atoms with Crippen molar-refractivity contribution < 1.29 is 18.4 Å². The first-order chi connectivity index (χ1) is 10.5. The molecule has 0 aliphatic rings. The standard InChI is InChI=1S/C15H14N2O4S/c1-8-7-11(9(2)19-8)15(18)20-10(3)13-16-17-14(21-13)12-5-4-6-22-12/h4-7,10H,1-3H3/t10-/m1/s1. The summed E-state index contributed by atoms with van der Waals surface area (Å²) in [5, 5.41) is 9.82. The number of hydrogen-bond acceptors (Lipinski definition) is 7. The Labute approximate surface area is 130 Å². The highest BCUT2D eigenvalue weighted by Gasteiger charge is 2.22. The summed E-state index contributed by atoms with van der Waals surface area (Å²) in [6.45, 7) is 5.18. The van der Waals surface area contributed by atoms with Crippen LogP contribution in [-0.4, -0.2) is 16.2 Å². The van der Waals surface area contributed by atoms with Crippen molar-refractivity contribution in [2.45, 2.75) is 26.9 Å². The van der Waals surface area contributed by atoms with Crippen molar-refractivity contribution in [3.63, 3.8) is 0 Å². The number of esters is 1. The maximum atomic E-state index is 12.1. The average Bonchev–Trinajstić information content (AvgIpc) is 3.17. The van der Waals surface area contributed by atoms with Gasteiger partial charge < -0.3 is 13.6 Å². The first-order valence-corrected chi connectivity index (χ1v) is 7.58. The molecule has 0 unspecified atom stereocenters. The predicted molar refractivity (Wildman–Crippen MR) is 79.6 cm³/mol. The fourth-order valence-electron chi connectivity index (χ4n) is 2.01. The van der Waals surface area contributed by atoms with Crippen molar-refractivity contribution in [3.05, 3.63) is 46.6 Å². The lowest BCUT2D eigenvalue weighted by atomic mass is 10.2. The van der Waals surface area contributed by atoms with Gasteiger partial charge in [0.05, 0.1) is 4.88 Å². The summed E-state index contributed by atoms with van der Waals surface area (Å²) in [4.78, 5) is 13.0. The molecule has 114 valence electrons. The minimum Gasteiger partial charge on any atom is -0.466 e. The van der Waals surface area contributed by atoms with Crippen LogP contribution in [0.4, 0.5) is 0 Å². The molecule has 3 aromatic rings. The van der Waals surface area contributed by atoms with Crippen molar-refractivity contribution in [1.29, 1.82) is 0 Å². The molecule has 0 amide bonds. The van der Waals surface area contributed by atoms with E-state index in [0.717, 1.165) is 4.88 Å². The Kier molecular flexibility index (Phi) is 3.81. The van der Waals surface area contributed by atoms with Gasteiger partial charge in [-0.25, -0.2) is 4.79 Å². The number of rotatable bonds is 4. The lowest BCUT2D eigenvalue weighted by Gasteiger charge is -2.08. The third-order valence-electron chi connectivity index (χ3n) is 3.07. The molecule has 0 N–H and O–H groups in total. The number of ether oxygens (including phenoxy) is 1. The van der Waals surface area contributed by atoms with Gasteiger partial charge in [-0.2, -0.15) is 0 Å². The Bertz CT molecular complexity index is 788. The van der Waals surface area contributed by atoms with E-state index in [1.807, 2.05) is 17.5 Å². The van der Waals surface area contributed by atoms with Crippen LogP contribution in [0.25, 0.3) is 10.8 Å². The van der Waals surface area contributed by atoms with Crippen molar-refractivity contribution in [2.75, 3.05) is 0 Å². The maximum Gasteiger partial charge on any atom is 0.342 e. The molecule has 0 aliphatic heterocycles. The molecule has 0 saturated carbocycles. The van der Waals surface area contributed by atoms with Gasteiger partial charge in [-0.05, 0) is 38.3 Å². The smallest absolute Gasteiger partial charge is 0.342 e. The molecule has 6 nitrogen and oxygen atoms in total. The number of hydrogen-bond donors (Lipinski definition) is 0. The number of aryl methyl sites for hydroxylation is 2. The first-order valence-electron chi connectivity index (χ1n) is 6.70. The van der Waals surface area contributed by atoms with Gasteiger partial charge in [0.15, 0.2) is 6.10 Å². The van der Waals surface area contributed by atoms with Gasteiger partial charge >= 0.3 is 5.97 Å². The number of furan rings is 1. The van der Waals surface area contributed by atoms with Crippen molar-refractivity contribution in [1.82, 2.24) is 10.2 Å². The van der Waals surface area contributed by atoms with Crippen LogP contribution in [0.3, 0.4) is 0 Å². The van der Waals surface area contributed by atoms with Crippen molar-refractivity contribution >= 4 is 17.3 Å². The number of nitrogens with zero attached hydrogens (tertiary/aromatic N) is 2. The van der Waals surface area contributed by atoms with Gasteiger partial charge in [0.1, 0.15) is 17.1 Å². The molecule has 0 bridgehead atoms. The highest BCUT2D eigenvalue weighted by molar-refractivity contribution is 7.13. The van der Waals surface area contributed by atoms with Gasteiger partial charge in [0, 0.05) is 0 Å². The zero-order valence-electron chi connectivity index (χ0n) is 12.3. The van der Waals surface area contributed by atoms with E-state index < -0.39 is 12.1 Å². The second-order valence-corrected chi connectivity index (χ2v) is 5.74. The second kappa shape index (κ2) is 5.76. The van der Waals surface area contributed by atoms with Crippen LogP contribution in [0, 0.1) is 13.8 Å². The lowest BCUT2D eigenvalue weighted by Crippen LogP contribution is -2.09. The molecule has 3 rings (SSSR count). The number of thiophene rings is 1. The molecule has 0 radical (unpaired) electrons. The second-order valence-electron chi connectivity index (χ2n) is 4.80. The van der Waals surface area contributed by atoms with Crippen molar-refractivity contribution in [3.8, 4) is 10.8 Å². The van der Waals surface area contributed by atoms with Gasteiger partial charge in [0.25, 0.3) is 11.8 Å². The van der Waals surface area contributed by atoms with Crippen LogP contribution in [0.15, 0.2) is 32.4 Å². The third-order valence-corrected chi connectivity index (χ3v) is 3.92. The number of carbonyl (C=O) groups is 1. The largest absolute Gasteiger partial charge is 0.466 e. The summed E-state index contributed by atoms with van der Waals surface area (Å²) < 4.78 is 16.2. The highest BCUT2D eigenvalue weighted by Crippen LogP contribution is 2.26. The maximum absolute atomic E-state index is 12.1. The molecule has 1 atom stereocenters. The van der Waals surface area contributed by atoms with Gasteiger partial charge in [-0.1, -0.05) is 6.07 Å². The summed E-state index contributed by atoms with van der Waals surface area (Å²) >= 11 is 1.50. The van der Waals surface area contributed by atoms with E-state index in [-0.39, 0.29) is 5.89 Å². The van der Waals surface area contributed by atoms with E-state index in [2.05, 4.69) is 10.2 Å². The zero-order valence-corrected chi connectivity index (χ0v) is 13.1. The molecular formula is C15H14N2O4S. The molecule has 0 saturated heterocycles. The van der Waals surface area contributed by atoms with E-state index in [0.29, 0.717) is 23.0 Å². The minimum atomic E-state index is -0.636. The summed E-state index contributed by atoms with van der Waals surface area (Å²) in [6, 6.07) is 5.43. The van der Waals surface area contributed by atoms with Crippen molar-refractivity contribution in [2.24, 2.45) is 0 Å². The molecule has 7 heteroatoms. The molecule has 0 aliphatic carbocycles. The van der Waals surface area contributed by atoms with Crippen LogP contribution >= 0.6 is 11.3 Å². The van der Waals surface area contributed by atoms with Gasteiger partial charge in [-0.15, -0.1) is 21.5 Å². The molecule has 3 heterocycles. The SMILES string of the molecule is Cc1cc(C(=O)O[C@H](C)c2nnc(-c3cccs3)o2)c(C)o1. The summed E-state index contributed by atoms with van der Waals surface area (Å²) in [7, 11) is 0. The summed E-state index contributed by atoms with van der Waals surface area (Å²) in [5.41, 5.74) is 0.405. The Morgan fingerprint density at radius 3 is 2.77 bits per heavy atom. The Morgan fingerprint density at radius 1 is 1.32 bits per heavy atom. The van der Waals surface area contributed by atoms with Gasteiger partial charge in [0.2, 0.25) is 0 Å². The average molecular weight is 318 g/mol.